The average molecular weight is 356 g/mol. The van der Waals surface area contributed by atoms with Crippen LogP contribution in [0.3, 0.4) is 0 Å². The van der Waals surface area contributed by atoms with E-state index in [9.17, 15) is 9.59 Å². The highest BCUT2D eigenvalue weighted by Crippen LogP contribution is 2.30. The van der Waals surface area contributed by atoms with E-state index in [-0.39, 0.29) is 12.3 Å². The first-order valence-electron chi connectivity index (χ1n) is 9.55. The molecule has 1 aromatic carbocycles. The Balaban J connectivity index is 1.82. The van der Waals surface area contributed by atoms with Crippen LogP contribution in [-0.4, -0.2) is 29.6 Å². The number of carboxylic acid groups (broad SMARTS) is 1. The van der Waals surface area contributed by atoms with Gasteiger partial charge in [-0.2, -0.15) is 0 Å². The highest BCUT2D eigenvalue weighted by atomic mass is 16.4. The first-order chi connectivity index (χ1) is 12.5. The van der Waals surface area contributed by atoms with Crippen LogP contribution < -0.4 is 10.2 Å². The Morgan fingerprint density at radius 2 is 1.92 bits per heavy atom. The second-order valence-electron chi connectivity index (χ2n) is 7.51. The van der Waals surface area contributed by atoms with Crippen LogP contribution in [0.25, 0.3) is 0 Å². The Morgan fingerprint density at radius 1 is 1.19 bits per heavy atom. The number of carbonyl (C=O) groups is 2. The minimum atomic E-state index is -0.827. The molecule has 5 nitrogen and oxygen atoms in total. The molecule has 0 saturated heterocycles. The molecule has 140 valence electrons. The van der Waals surface area contributed by atoms with Crippen molar-refractivity contribution in [2.24, 2.45) is 0 Å². The molecule has 1 aromatic rings. The van der Waals surface area contributed by atoms with Crippen LogP contribution in [0.2, 0.25) is 0 Å². The summed E-state index contributed by atoms with van der Waals surface area (Å²) in [5, 5.41) is 12.5. The SMILES string of the molecule is Cc1ccc(N2CC(CCC(=O)O)=C(NC3CCCCC3)C2=O)cc1C. The minimum Gasteiger partial charge on any atom is -0.481 e. The Morgan fingerprint density at radius 3 is 2.58 bits per heavy atom. The van der Waals surface area contributed by atoms with Crippen LogP contribution in [0.15, 0.2) is 29.5 Å². The molecule has 3 rings (SSSR count). The van der Waals surface area contributed by atoms with Gasteiger partial charge in [0.1, 0.15) is 5.70 Å². The summed E-state index contributed by atoms with van der Waals surface area (Å²) in [5.41, 5.74) is 4.78. The molecule has 1 heterocycles. The lowest BCUT2D eigenvalue weighted by atomic mass is 9.95. The molecule has 0 bridgehead atoms. The molecule has 0 spiro atoms. The minimum absolute atomic E-state index is 0.0285. The Labute approximate surface area is 155 Å². The van der Waals surface area contributed by atoms with E-state index in [0.29, 0.717) is 24.7 Å². The topological polar surface area (TPSA) is 69.6 Å². The van der Waals surface area contributed by atoms with Gasteiger partial charge >= 0.3 is 5.97 Å². The molecular formula is C21H28N2O3. The fraction of sp³-hybridized carbons (Fsp3) is 0.524. The van der Waals surface area contributed by atoms with E-state index >= 15 is 0 Å². The van der Waals surface area contributed by atoms with Gasteiger partial charge in [0.25, 0.3) is 5.91 Å². The van der Waals surface area contributed by atoms with Gasteiger partial charge in [-0.3, -0.25) is 9.59 Å². The van der Waals surface area contributed by atoms with Crippen LogP contribution in [0.5, 0.6) is 0 Å². The zero-order valence-electron chi connectivity index (χ0n) is 15.7. The number of aliphatic carboxylic acids is 1. The van der Waals surface area contributed by atoms with E-state index in [1.165, 1.54) is 24.8 Å². The number of rotatable bonds is 6. The Hall–Kier alpha value is -2.30. The van der Waals surface area contributed by atoms with Crippen LogP contribution in [0.1, 0.15) is 56.1 Å². The lowest BCUT2D eigenvalue weighted by molar-refractivity contribution is -0.137. The molecule has 0 atom stereocenters. The summed E-state index contributed by atoms with van der Waals surface area (Å²) in [7, 11) is 0. The number of amides is 1. The zero-order chi connectivity index (χ0) is 18.7. The number of nitrogens with zero attached hydrogens (tertiary/aromatic N) is 1. The first kappa shape index (κ1) is 18.5. The molecule has 5 heteroatoms. The van der Waals surface area contributed by atoms with E-state index in [2.05, 4.69) is 12.2 Å². The van der Waals surface area contributed by atoms with Crippen LogP contribution in [-0.2, 0) is 9.59 Å². The normalized spacial score (nSPS) is 18.5. The molecule has 1 saturated carbocycles. The maximum Gasteiger partial charge on any atom is 0.303 e. The van der Waals surface area contributed by atoms with Crippen LogP contribution in [0.4, 0.5) is 5.69 Å². The average Bonchev–Trinajstić information content (AvgIpc) is 2.93. The van der Waals surface area contributed by atoms with E-state index in [0.717, 1.165) is 29.7 Å². The van der Waals surface area contributed by atoms with Crippen molar-refractivity contribution in [3.63, 3.8) is 0 Å². The Kier molecular flexibility index (Phi) is 5.64. The maximum atomic E-state index is 13.1. The number of carbonyl (C=O) groups excluding carboxylic acids is 1. The maximum absolute atomic E-state index is 13.1. The third-order valence-corrected chi connectivity index (χ3v) is 5.56. The first-order valence-corrected chi connectivity index (χ1v) is 9.55. The van der Waals surface area contributed by atoms with Gasteiger partial charge in [-0.1, -0.05) is 25.3 Å². The van der Waals surface area contributed by atoms with Gasteiger partial charge in [0.2, 0.25) is 0 Å². The van der Waals surface area contributed by atoms with E-state index in [1.54, 1.807) is 4.90 Å². The molecule has 1 aliphatic heterocycles. The lowest BCUT2D eigenvalue weighted by Crippen LogP contribution is -2.36. The number of aryl methyl sites for hydroxylation is 2. The second kappa shape index (κ2) is 7.94. The van der Waals surface area contributed by atoms with Crippen molar-refractivity contribution in [2.75, 3.05) is 11.4 Å². The summed E-state index contributed by atoms with van der Waals surface area (Å²) in [4.78, 5) is 25.9. The van der Waals surface area contributed by atoms with Crippen molar-refractivity contribution in [1.82, 2.24) is 5.32 Å². The van der Waals surface area contributed by atoms with E-state index in [1.807, 2.05) is 25.1 Å². The number of carboxylic acids is 1. The molecule has 0 aromatic heterocycles. The number of nitrogens with one attached hydrogen (secondary N) is 1. The zero-order valence-corrected chi connectivity index (χ0v) is 15.7. The van der Waals surface area contributed by atoms with Crippen molar-refractivity contribution < 1.29 is 14.7 Å². The molecule has 1 fully saturated rings. The third-order valence-electron chi connectivity index (χ3n) is 5.56. The van der Waals surface area contributed by atoms with Crippen molar-refractivity contribution >= 4 is 17.6 Å². The summed E-state index contributed by atoms with van der Waals surface area (Å²) >= 11 is 0. The highest BCUT2D eigenvalue weighted by Gasteiger charge is 2.33. The molecule has 26 heavy (non-hydrogen) atoms. The summed E-state index contributed by atoms with van der Waals surface area (Å²) in [6, 6.07) is 6.35. The quantitative estimate of drug-likeness (QED) is 0.815. The molecular weight excluding hydrogens is 328 g/mol. The third kappa shape index (κ3) is 4.09. The van der Waals surface area contributed by atoms with Crippen LogP contribution in [0, 0.1) is 13.8 Å². The van der Waals surface area contributed by atoms with Crippen molar-refractivity contribution in [3.8, 4) is 0 Å². The fourth-order valence-corrected chi connectivity index (χ4v) is 3.81. The predicted octanol–water partition coefficient (Wildman–Crippen LogP) is 3.69. The summed E-state index contributed by atoms with van der Waals surface area (Å²) in [6.45, 7) is 4.57. The van der Waals surface area contributed by atoms with Crippen LogP contribution >= 0.6 is 0 Å². The fourth-order valence-electron chi connectivity index (χ4n) is 3.81. The van der Waals surface area contributed by atoms with Gasteiger partial charge in [0.15, 0.2) is 0 Å². The predicted molar refractivity (Wildman–Crippen MR) is 102 cm³/mol. The standard InChI is InChI=1S/C21H28N2O3/c1-14-8-10-18(12-15(14)2)23-13-16(9-11-19(24)25)20(21(23)26)22-17-6-4-3-5-7-17/h8,10,12,17,22H,3-7,9,11,13H2,1-2H3,(H,24,25). The highest BCUT2D eigenvalue weighted by molar-refractivity contribution is 6.09. The van der Waals surface area contributed by atoms with Gasteiger partial charge in [0.05, 0.1) is 0 Å². The monoisotopic (exact) mass is 356 g/mol. The van der Waals surface area contributed by atoms with E-state index < -0.39 is 5.97 Å². The summed E-state index contributed by atoms with van der Waals surface area (Å²) < 4.78 is 0. The molecule has 0 radical (unpaired) electrons. The molecule has 2 N–H and O–H groups in total. The molecule has 2 aliphatic rings. The van der Waals surface area contributed by atoms with E-state index in [4.69, 9.17) is 5.11 Å². The molecule has 1 amide bonds. The Bertz CT molecular complexity index is 733. The summed E-state index contributed by atoms with van der Waals surface area (Å²) in [5.74, 6) is -0.856. The number of hydrogen-bond donors (Lipinski definition) is 2. The van der Waals surface area contributed by atoms with Gasteiger partial charge in [-0.05, 0) is 61.9 Å². The lowest BCUT2D eigenvalue weighted by Gasteiger charge is -2.25. The van der Waals surface area contributed by atoms with Gasteiger partial charge in [-0.15, -0.1) is 0 Å². The summed E-state index contributed by atoms with van der Waals surface area (Å²) in [6.07, 6.45) is 6.25. The number of hydrogen-bond acceptors (Lipinski definition) is 3. The largest absolute Gasteiger partial charge is 0.481 e. The van der Waals surface area contributed by atoms with Crippen molar-refractivity contribution in [1.29, 1.82) is 0 Å². The van der Waals surface area contributed by atoms with Gasteiger partial charge < -0.3 is 15.3 Å². The molecule has 0 unspecified atom stereocenters. The second-order valence-corrected chi connectivity index (χ2v) is 7.51. The smallest absolute Gasteiger partial charge is 0.303 e. The number of anilines is 1. The van der Waals surface area contributed by atoms with Gasteiger partial charge in [0, 0.05) is 24.7 Å². The van der Waals surface area contributed by atoms with Crippen molar-refractivity contribution in [2.45, 2.75) is 64.8 Å². The van der Waals surface area contributed by atoms with Crippen molar-refractivity contribution in [3.05, 3.63) is 40.6 Å². The number of benzene rings is 1. The molecule has 1 aliphatic carbocycles. The van der Waals surface area contributed by atoms with Gasteiger partial charge in [-0.25, -0.2) is 0 Å².